The van der Waals surface area contributed by atoms with Gasteiger partial charge in [-0.2, -0.15) is 0 Å². The summed E-state index contributed by atoms with van der Waals surface area (Å²) < 4.78 is 23.8. The summed E-state index contributed by atoms with van der Waals surface area (Å²) in [5, 5.41) is 10.1. The van der Waals surface area contributed by atoms with Crippen LogP contribution in [0.2, 0.25) is 0 Å². The summed E-state index contributed by atoms with van der Waals surface area (Å²) in [4.78, 5) is 7.13. The second-order valence-corrected chi connectivity index (χ2v) is 8.54. The van der Waals surface area contributed by atoms with E-state index >= 15 is 0 Å². The molecule has 2 heterocycles. The van der Waals surface area contributed by atoms with Gasteiger partial charge in [-0.05, 0) is 54.4 Å². The maximum absolute atomic E-state index is 5.53. The third-order valence-electron chi connectivity index (χ3n) is 6.40. The van der Waals surface area contributed by atoms with Crippen molar-refractivity contribution < 1.29 is 18.9 Å². The highest BCUT2D eigenvalue weighted by Gasteiger charge is 2.20. The first-order valence-electron chi connectivity index (χ1n) is 11.9. The predicted molar refractivity (Wildman–Crippen MR) is 143 cm³/mol. The van der Waals surface area contributed by atoms with E-state index in [2.05, 4.69) is 15.1 Å². The van der Waals surface area contributed by atoms with Crippen molar-refractivity contribution in [3.8, 4) is 34.4 Å². The highest BCUT2D eigenvalue weighted by molar-refractivity contribution is 5.93. The van der Waals surface area contributed by atoms with E-state index in [0.29, 0.717) is 35.4 Å². The van der Waals surface area contributed by atoms with Crippen LogP contribution in [0, 0.1) is 0 Å². The van der Waals surface area contributed by atoms with Gasteiger partial charge in [0.05, 0.1) is 34.0 Å². The number of nitrogens with zero attached hydrogens (tertiary/aromatic N) is 5. The second kappa shape index (κ2) is 10.2. The Morgan fingerprint density at radius 1 is 0.757 bits per heavy atom. The van der Waals surface area contributed by atoms with Crippen LogP contribution in [0.15, 0.2) is 60.7 Å². The van der Waals surface area contributed by atoms with Gasteiger partial charge >= 0.3 is 0 Å². The first-order valence-corrected chi connectivity index (χ1v) is 11.9. The lowest BCUT2D eigenvalue weighted by Crippen LogP contribution is -2.24. The first kappa shape index (κ1) is 24.2. The number of hydrogen-bond acceptors (Lipinski definition) is 8. The van der Waals surface area contributed by atoms with Crippen molar-refractivity contribution in [2.75, 3.05) is 46.9 Å². The minimum Gasteiger partial charge on any atom is -0.493 e. The third kappa shape index (κ3) is 4.44. The average molecular weight is 500 g/mol. The number of para-hydroxylation sites is 1. The van der Waals surface area contributed by atoms with Gasteiger partial charge in [-0.3, -0.25) is 0 Å². The standard InChI is InChI=1S/C28H29N5O4/c1-32(15-14-18-10-12-22(34-2)24(16-18)36-4)28-29-21-9-7-6-8-20(21)27-31-30-26(33(27)28)19-11-13-23(35-3)25(17-19)37-5/h6-13,16-17H,14-15H2,1-5H3. The maximum Gasteiger partial charge on any atom is 0.213 e. The Morgan fingerprint density at radius 2 is 1.43 bits per heavy atom. The van der Waals surface area contributed by atoms with E-state index < -0.39 is 0 Å². The van der Waals surface area contributed by atoms with E-state index in [1.807, 2.05) is 72.1 Å². The molecule has 0 unspecified atom stereocenters. The Kier molecular flexibility index (Phi) is 6.68. The zero-order chi connectivity index (χ0) is 25.9. The molecule has 3 aromatic carbocycles. The summed E-state index contributed by atoms with van der Waals surface area (Å²) in [6.45, 7) is 0.708. The summed E-state index contributed by atoms with van der Waals surface area (Å²) in [7, 11) is 8.54. The third-order valence-corrected chi connectivity index (χ3v) is 6.40. The van der Waals surface area contributed by atoms with Crippen molar-refractivity contribution >= 4 is 22.5 Å². The van der Waals surface area contributed by atoms with Crippen LogP contribution in [0.1, 0.15) is 5.56 Å². The quantitative estimate of drug-likeness (QED) is 0.290. The van der Waals surface area contributed by atoms with Crippen molar-refractivity contribution in [2.24, 2.45) is 0 Å². The highest BCUT2D eigenvalue weighted by atomic mass is 16.5. The molecule has 190 valence electrons. The van der Waals surface area contributed by atoms with Crippen molar-refractivity contribution in [3.05, 3.63) is 66.2 Å². The minimum atomic E-state index is 0.619. The zero-order valence-electron chi connectivity index (χ0n) is 21.6. The fourth-order valence-electron chi connectivity index (χ4n) is 4.42. The molecule has 2 aromatic heterocycles. The van der Waals surface area contributed by atoms with E-state index in [1.165, 1.54) is 0 Å². The van der Waals surface area contributed by atoms with Crippen LogP contribution in [0.3, 0.4) is 0 Å². The largest absolute Gasteiger partial charge is 0.493 e. The topological polar surface area (TPSA) is 83.2 Å². The number of methoxy groups -OCH3 is 4. The molecule has 0 radical (unpaired) electrons. The van der Waals surface area contributed by atoms with Gasteiger partial charge in [0.15, 0.2) is 34.5 Å². The number of ether oxygens (including phenoxy) is 4. The van der Waals surface area contributed by atoms with Gasteiger partial charge in [-0.15, -0.1) is 10.2 Å². The Balaban J connectivity index is 1.58. The normalized spacial score (nSPS) is 11.1. The van der Waals surface area contributed by atoms with E-state index in [4.69, 9.17) is 23.9 Å². The molecule has 0 spiro atoms. The van der Waals surface area contributed by atoms with Gasteiger partial charge < -0.3 is 23.8 Å². The summed E-state index contributed by atoms with van der Waals surface area (Å²) >= 11 is 0. The molecule has 0 amide bonds. The Hall–Kier alpha value is -4.53. The van der Waals surface area contributed by atoms with Crippen molar-refractivity contribution in [2.45, 2.75) is 6.42 Å². The monoisotopic (exact) mass is 499 g/mol. The second-order valence-electron chi connectivity index (χ2n) is 8.54. The Labute approximate surface area is 215 Å². The predicted octanol–water partition coefficient (Wildman–Crippen LogP) is 4.66. The van der Waals surface area contributed by atoms with Gasteiger partial charge in [-0.1, -0.05) is 18.2 Å². The van der Waals surface area contributed by atoms with Gasteiger partial charge in [-0.25, -0.2) is 9.38 Å². The van der Waals surface area contributed by atoms with Crippen molar-refractivity contribution in [1.29, 1.82) is 0 Å². The van der Waals surface area contributed by atoms with E-state index in [-0.39, 0.29) is 0 Å². The number of fused-ring (bicyclic) bond motifs is 3. The molecular formula is C28H29N5O4. The molecule has 0 aliphatic heterocycles. The van der Waals surface area contributed by atoms with Gasteiger partial charge in [0.1, 0.15) is 0 Å². The van der Waals surface area contributed by atoms with E-state index in [1.54, 1.807) is 28.4 Å². The number of likely N-dealkylation sites (N-methyl/N-ethyl adjacent to an activating group) is 1. The molecule has 5 aromatic rings. The molecule has 0 fully saturated rings. The summed E-state index contributed by atoms with van der Waals surface area (Å²) in [5.74, 6) is 4.10. The smallest absolute Gasteiger partial charge is 0.213 e. The molecule has 0 N–H and O–H groups in total. The number of aromatic nitrogens is 4. The Bertz CT molecular complexity index is 1570. The summed E-state index contributed by atoms with van der Waals surface area (Å²) in [6.07, 6.45) is 0.778. The van der Waals surface area contributed by atoms with E-state index in [9.17, 15) is 0 Å². The SMILES string of the molecule is COc1ccc(CCN(C)c2nc3ccccc3c3nnc(-c4ccc(OC)c(OC)c4)n23)cc1OC. The van der Waals surface area contributed by atoms with Crippen LogP contribution in [-0.4, -0.2) is 61.6 Å². The molecular weight excluding hydrogens is 470 g/mol. The van der Waals surface area contributed by atoms with Gasteiger partial charge in [0.25, 0.3) is 0 Å². The summed E-state index contributed by atoms with van der Waals surface area (Å²) in [5.41, 5.74) is 3.57. The highest BCUT2D eigenvalue weighted by Crippen LogP contribution is 2.34. The number of anilines is 1. The molecule has 0 saturated carbocycles. The van der Waals surface area contributed by atoms with Crippen LogP contribution >= 0.6 is 0 Å². The first-order chi connectivity index (χ1) is 18.1. The van der Waals surface area contributed by atoms with Gasteiger partial charge in [0.2, 0.25) is 5.95 Å². The molecule has 9 heteroatoms. The van der Waals surface area contributed by atoms with Gasteiger partial charge in [0, 0.05) is 24.5 Å². The zero-order valence-corrected chi connectivity index (χ0v) is 21.6. The number of benzene rings is 3. The van der Waals surface area contributed by atoms with Crippen LogP contribution < -0.4 is 23.8 Å². The lowest BCUT2D eigenvalue weighted by Gasteiger charge is -2.21. The van der Waals surface area contributed by atoms with Crippen molar-refractivity contribution in [1.82, 2.24) is 19.6 Å². The fraction of sp³-hybridized carbons (Fsp3) is 0.250. The van der Waals surface area contributed by atoms with Crippen LogP contribution in [-0.2, 0) is 6.42 Å². The average Bonchev–Trinajstić information content (AvgIpc) is 3.40. The minimum absolute atomic E-state index is 0.619. The lowest BCUT2D eigenvalue weighted by molar-refractivity contribution is 0.354. The maximum atomic E-state index is 5.53. The summed E-state index contributed by atoms with van der Waals surface area (Å²) in [6, 6.07) is 19.7. The Morgan fingerprint density at radius 3 is 2.16 bits per heavy atom. The molecule has 9 nitrogen and oxygen atoms in total. The number of hydrogen-bond donors (Lipinski definition) is 0. The van der Waals surface area contributed by atoms with Crippen LogP contribution in [0.25, 0.3) is 27.9 Å². The van der Waals surface area contributed by atoms with E-state index in [0.717, 1.165) is 40.0 Å². The molecule has 5 rings (SSSR count). The molecule has 0 aliphatic rings. The fourth-order valence-corrected chi connectivity index (χ4v) is 4.42. The molecule has 0 bridgehead atoms. The molecule has 37 heavy (non-hydrogen) atoms. The molecule has 0 aliphatic carbocycles. The lowest BCUT2D eigenvalue weighted by atomic mass is 10.1. The van der Waals surface area contributed by atoms with Crippen LogP contribution in [0.5, 0.6) is 23.0 Å². The van der Waals surface area contributed by atoms with Crippen LogP contribution in [0.4, 0.5) is 5.95 Å². The molecule has 0 saturated heterocycles. The number of rotatable bonds is 9. The molecule has 0 atom stereocenters. The van der Waals surface area contributed by atoms with Crippen molar-refractivity contribution in [3.63, 3.8) is 0 Å².